The molecule has 0 saturated heterocycles. The molecule has 5 heteroatoms. The van der Waals surface area contributed by atoms with Crippen molar-refractivity contribution in [2.45, 2.75) is 6.54 Å². The zero-order chi connectivity index (χ0) is 13.8. The first-order valence-corrected chi connectivity index (χ1v) is 6.27. The Kier molecular flexibility index (Phi) is 4.13. The minimum absolute atomic E-state index is 0.0150. The molecule has 0 aliphatic rings. The molecule has 0 fully saturated rings. The van der Waals surface area contributed by atoms with Crippen molar-refractivity contribution in [3.8, 4) is 6.07 Å². The quantitative estimate of drug-likeness (QED) is 0.918. The second-order valence-electron chi connectivity index (χ2n) is 3.86. The molecule has 0 aliphatic heterocycles. The second kappa shape index (κ2) is 5.81. The fourth-order valence-corrected chi connectivity index (χ4v) is 2.13. The minimum Gasteiger partial charge on any atom is -0.380 e. The first-order valence-electron chi connectivity index (χ1n) is 5.48. The van der Waals surface area contributed by atoms with E-state index in [4.69, 9.17) is 5.26 Å². The first kappa shape index (κ1) is 13.5. The third-order valence-electron chi connectivity index (χ3n) is 2.62. The van der Waals surface area contributed by atoms with Crippen molar-refractivity contribution in [2.24, 2.45) is 0 Å². The number of nitriles is 1. The van der Waals surface area contributed by atoms with Gasteiger partial charge in [0.1, 0.15) is 11.6 Å². The molecule has 0 bridgehead atoms. The highest BCUT2D eigenvalue weighted by molar-refractivity contribution is 9.10. The van der Waals surface area contributed by atoms with Crippen molar-refractivity contribution < 1.29 is 8.78 Å². The van der Waals surface area contributed by atoms with Crippen LogP contribution in [0.5, 0.6) is 0 Å². The van der Waals surface area contributed by atoms with Gasteiger partial charge in [0.2, 0.25) is 0 Å². The molecule has 19 heavy (non-hydrogen) atoms. The standard InChI is InChI=1S/C14H9BrF2N2/c15-11-6-9(7-18)4-5-14(11)19-8-10-12(16)2-1-3-13(10)17/h1-6,19H,8H2. The van der Waals surface area contributed by atoms with Gasteiger partial charge in [-0.2, -0.15) is 5.26 Å². The van der Waals surface area contributed by atoms with E-state index in [0.29, 0.717) is 15.7 Å². The van der Waals surface area contributed by atoms with Crippen molar-refractivity contribution in [1.29, 1.82) is 5.26 Å². The third-order valence-corrected chi connectivity index (χ3v) is 3.27. The van der Waals surface area contributed by atoms with Crippen LogP contribution in [0, 0.1) is 23.0 Å². The Balaban J connectivity index is 2.17. The van der Waals surface area contributed by atoms with Crippen LogP contribution in [0.1, 0.15) is 11.1 Å². The molecule has 1 N–H and O–H groups in total. The topological polar surface area (TPSA) is 35.8 Å². The minimum atomic E-state index is -0.586. The van der Waals surface area contributed by atoms with E-state index in [9.17, 15) is 8.78 Å². The van der Waals surface area contributed by atoms with E-state index in [1.165, 1.54) is 18.2 Å². The highest BCUT2D eigenvalue weighted by Gasteiger charge is 2.09. The van der Waals surface area contributed by atoms with Gasteiger partial charge in [0.05, 0.1) is 11.6 Å². The highest BCUT2D eigenvalue weighted by Crippen LogP contribution is 2.24. The maximum Gasteiger partial charge on any atom is 0.131 e. The summed E-state index contributed by atoms with van der Waals surface area (Å²) in [6.07, 6.45) is 0. The lowest BCUT2D eigenvalue weighted by molar-refractivity contribution is 0.560. The van der Waals surface area contributed by atoms with Gasteiger partial charge in [0.25, 0.3) is 0 Å². The van der Waals surface area contributed by atoms with Gasteiger partial charge in [0.15, 0.2) is 0 Å². The van der Waals surface area contributed by atoms with E-state index in [-0.39, 0.29) is 12.1 Å². The molecule has 0 aromatic heterocycles. The van der Waals surface area contributed by atoms with Gasteiger partial charge < -0.3 is 5.32 Å². The molecule has 2 aromatic carbocycles. The molecule has 96 valence electrons. The zero-order valence-corrected chi connectivity index (χ0v) is 11.3. The molecule has 0 aliphatic carbocycles. The average molecular weight is 323 g/mol. The molecule has 0 unspecified atom stereocenters. The van der Waals surface area contributed by atoms with Crippen LogP contribution in [0.25, 0.3) is 0 Å². The number of nitrogens with zero attached hydrogens (tertiary/aromatic N) is 1. The Morgan fingerprint density at radius 3 is 2.42 bits per heavy atom. The molecule has 0 amide bonds. The number of anilines is 1. The van der Waals surface area contributed by atoms with Gasteiger partial charge in [-0.05, 0) is 46.3 Å². The van der Waals surface area contributed by atoms with Gasteiger partial charge in [-0.1, -0.05) is 6.07 Å². The predicted molar refractivity (Wildman–Crippen MR) is 72.5 cm³/mol. The lowest BCUT2D eigenvalue weighted by atomic mass is 10.2. The van der Waals surface area contributed by atoms with Crippen LogP contribution in [0.15, 0.2) is 40.9 Å². The molecule has 0 radical (unpaired) electrons. The van der Waals surface area contributed by atoms with Gasteiger partial charge in [0, 0.05) is 22.3 Å². The Bertz CT molecular complexity index is 630. The number of hydrogen-bond acceptors (Lipinski definition) is 2. The van der Waals surface area contributed by atoms with Crippen molar-refractivity contribution in [1.82, 2.24) is 0 Å². The lowest BCUT2D eigenvalue weighted by Crippen LogP contribution is -2.05. The third kappa shape index (κ3) is 3.09. The normalized spacial score (nSPS) is 10.0. The summed E-state index contributed by atoms with van der Waals surface area (Å²) in [7, 11) is 0. The van der Waals surface area contributed by atoms with Crippen LogP contribution < -0.4 is 5.32 Å². The maximum absolute atomic E-state index is 13.4. The van der Waals surface area contributed by atoms with Crippen LogP contribution in [-0.2, 0) is 6.54 Å². The molecule has 0 atom stereocenters. The fraction of sp³-hybridized carbons (Fsp3) is 0.0714. The average Bonchev–Trinajstić information content (AvgIpc) is 2.39. The molecule has 0 saturated carbocycles. The number of nitrogens with one attached hydrogen (secondary N) is 1. The van der Waals surface area contributed by atoms with E-state index >= 15 is 0 Å². The molecule has 2 nitrogen and oxygen atoms in total. The van der Waals surface area contributed by atoms with Crippen molar-refractivity contribution in [3.05, 3.63) is 63.6 Å². The predicted octanol–water partition coefficient (Wildman–Crippen LogP) is 4.21. The molecule has 2 aromatic rings. The van der Waals surface area contributed by atoms with Crippen LogP contribution >= 0.6 is 15.9 Å². The van der Waals surface area contributed by atoms with E-state index in [0.717, 1.165) is 0 Å². The summed E-state index contributed by atoms with van der Waals surface area (Å²) >= 11 is 3.30. The molecule has 0 heterocycles. The smallest absolute Gasteiger partial charge is 0.131 e. The van der Waals surface area contributed by atoms with E-state index in [1.54, 1.807) is 18.2 Å². The summed E-state index contributed by atoms with van der Waals surface area (Å²) in [5.74, 6) is -1.17. The van der Waals surface area contributed by atoms with Crippen LogP contribution in [0.4, 0.5) is 14.5 Å². The van der Waals surface area contributed by atoms with Gasteiger partial charge in [-0.15, -0.1) is 0 Å². The van der Waals surface area contributed by atoms with Crippen LogP contribution in [-0.4, -0.2) is 0 Å². The fourth-order valence-electron chi connectivity index (χ4n) is 1.61. The number of halogens is 3. The Morgan fingerprint density at radius 2 is 1.84 bits per heavy atom. The SMILES string of the molecule is N#Cc1ccc(NCc2c(F)cccc2F)c(Br)c1. The van der Waals surface area contributed by atoms with E-state index in [1.807, 2.05) is 6.07 Å². The lowest BCUT2D eigenvalue weighted by Gasteiger charge is -2.10. The zero-order valence-electron chi connectivity index (χ0n) is 9.75. The summed E-state index contributed by atoms with van der Waals surface area (Å²) in [4.78, 5) is 0. The Morgan fingerprint density at radius 1 is 1.16 bits per heavy atom. The number of hydrogen-bond donors (Lipinski definition) is 1. The summed E-state index contributed by atoms with van der Waals surface area (Å²) in [5.41, 5.74) is 1.16. The van der Waals surface area contributed by atoms with Crippen molar-refractivity contribution >= 4 is 21.6 Å². The highest BCUT2D eigenvalue weighted by atomic mass is 79.9. The van der Waals surface area contributed by atoms with Gasteiger partial charge in [-0.25, -0.2) is 8.78 Å². The van der Waals surface area contributed by atoms with Gasteiger partial charge in [-0.3, -0.25) is 0 Å². The van der Waals surface area contributed by atoms with Gasteiger partial charge >= 0.3 is 0 Å². The van der Waals surface area contributed by atoms with E-state index < -0.39 is 11.6 Å². The van der Waals surface area contributed by atoms with E-state index in [2.05, 4.69) is 21.2 Å². The summed E-state index contributed by atoms with van der Waals surface area (Å²) in [6.45, 7) is 0.0308. The molecule has 2 rings (SSSR count). The molecular formula is C14H9BrF2N2. The number of rotatable bonds is 3. The Labute approximate surface area is 117 Å². The number of benzene rings is 2. The summed E-state index contributed by atoms with van der Waals surface area (Å²) in [6, 6.07) is 10.7. The second-order valence-corrected chi connectivity index (χ2v) is 4.71. The Hall–Kier alpha value is -1.93. The summed E-state index contributed by atoms with van der Waals surface area (Å²) in [5, 5.41) is 11.7. The summed E-state index contributed by atoms with van der Waals surface area (Å²) < 4.78 is 27.5. The monoisotopic (exact) mass is 322 g/mol. The molecule has 0 spiro atoms. The largest absolute Gasteiger partial charge is 0.380 e. The van der Waals surface area contributed by atoms with Crippen LogP contribution in [0.2, 0.25) is 0 Å². The van der Waals surface area contributed by atoms with Crippen molar-refractivity contribution in [3.63, 3.8) is 0 Å². The van der Waals surface area contributed by atoms with Crippen molar-refractivity contribution in [2.75, 3.05) is 5.32 Å². The maximum atomic E-state index is 13.4. The van der Waals surface area contributed by atoms with Crippen LogP contribution in [0.3, 0.4) is 0 Å². The first-order chi connectivity index (χ1) is 9.11. The molecular weight excluding hydrogens is 314 g/mol.